The number of nitrogens with zero attached hydrogens (tertiary/aromatic N) is 1. The Balaban J connectivity index is 1.93. The minimum atomic E-state index is 0.544. The summed E-state index contributed by atoms with van der Waals surface area (Å²) in [5.41, 5.74) is 0. The van der Waals surface area contributed by atoms with E-state index in [1.165, 1.54) is 17.0 Å². The van der Waals surface area contributed by atoms with Crippen LogP contribution < -0.4 is 21.2 Å². The zero-order valence-corrected chi connectivity index (χ0v) is 9.54. The molecule has 1 saturated carbocycles. The van der Waals surface area contributed by atoms with Gasteiger partial charge in [-0.25, -0.2) is 0 Å². The second-order valence-electron chi connectivity index (χ2n) is 4.03. The molecule has 2 aliphatic rings. The van der Waals surface area contributed by atoms with Crippen molar-refractivity contribution in [3.05, 3.63) is 0 Å². The van der Waals surface area contributed by atoms with E-state index in [2.05, 4.69) is 16.9 Å². The Labute approximate surface area is 79.8 Å². The third-order valence-electron chi connectivity index (χ3n) is 3.18. The molecule has 0 N–H and O–H groups in total. The van der Waals surface area contributed by atoms with E-state index in [1.807, 2.05) is 0 Å². The predicted molar refractivity (Wildman–Crippen MR) is 43.4 cm³/mol. The van der Waals surface area contributed by atoms with E-state index in [9.17, 15) is 0 Å². The molecule has 11 heavy (non-hydrogen) atoms. The topological polar surface area (TPSA) is 3.24 Å². The Morgan fingerprint density at radius 3 is 2.18 bits per heavy atom. The predicted octanol–water partition coefficient (Wildman–Crippen LogP) is -1.95. The molecule has 1 unspecified atom stereocenters. The minimum absolute atomic E-state index is 0.544. The molecular weight excluding hydrogens is 249 g/mol. The quantitative estimate of drug-likeness (QED) is 0.394. The van der Waals surface area contributed by atoms with Crippen LogP contribution in [0.4, 0.5) is 0 Å². The van der Waals surface area contributed by atoms with Gasteiger partial charge >= 0.3 is 79.8 Å². The summed E-state index contributed by atoms with van der Waals surface area (Å²) in [5, 5.41) is 0. The Morgan fingerprint density at radius 2 is 1.73 bits per heavy atom. The first kappa shape index (κ1) is 8.30. The molecule has 0 amide bonds. The van der Waals surface area contributed by atoms with E-state index < -0.39 is 0 Å². The number of alkyl halides is 2. The van der Waals surface area contributed by atoms with Crippen LogP contribution in [0.2, 0.25) is 0 Å². The van der Waals surface area contributed by atoms with E-state index in [0.29, 0.717) is 21.2 Å². The van der Waals surface area contributed by atoms with Gasteiger partial charge in [-0.2, -0.15) is 0 Å². The van der Waals surface area contributed by atoms with Crippen molar-refractivity contribution in [2.75, 3.05) is 25.1 Å². The summed E-state index contributed by atoms with van der Waals surface area (Å²) in [7, 11) is 2.27. The summed E-state index contributed by atoms with van der Waals surface area (Å²) in [6.45, 7) is 2.79. The van der Waals surface area contributed by atoms with Crippen LogP contribution in [0.1, 0.15) is 12.8 Å². The fourth-order valence-corrected chi connectivity index (χ4v) is 4.96. The molecule has 0 radical (unpaired) electrons. The summed E-state index contributed by atoms with van der Waals surface area (Å²) in [6, 6.07) is 0. The molecular formula is C9H17IN-. The van der Waals surface area contributed by atoms with Crippen LogP contribution in [0.3, 0.4) is 0 Å². The number of halogens is 1. The maximum absolute atomic E-state index is 2.51. The number of hydrogen-bond donors (Lipinski definition) is 0. The molecule has 1 saturated heterocycles. The molecule has 0 aromatic rings. The molecule has 0 aromatic carbocycles. The van der Waals surface area contributed by atoms with Crippen molar-refractivity contribution in [3.63, 3.8) is 0 Å². The molecule has 0 aromatic heterocycles. The monoisotopic (exact) mass is 266 g/mol. The summed E-state index contributed by atoms with van der Waals surface area (Å²) in [4.78, 5) is 4.97. The van der Waals surface area contributed by atoms with Crippen molar-refractivity contribution < 1.29 is 21.2 Å². The van der Waals surface area contributed by atoms with Gasteiger partial charge in [0.25, 0.3) is 0 Å². The molecule has 3 atom stereocenters. The van der Waals surface area contributed by atoms with Crippen LogP contribution in [0, 0.1) is 11.8 Å². The number of likely N-dealkylation sites (tertiary alicyclic amines) is 1. The van der Waals surface area contributed by atoms with E-state index >= 15 is 0 Å². The zero-order valence-electron chi connectivity index (χ0n) is 7.39. The van der Waals surface area contributed by atoms with E-state index in [-0.39, 0.29) is 0 Å². The normalized spacial score (nSPS) is 45.1. The molecule has 0 spiro atoms. The average Bonchev–Trinajstić information content (AvgIpc) is 2.43. The van der Waals surface area contributed by atoms with Gasteiger partial charge in [-0.05, 0) is 0 Å². The molecule has 66 valence electrons. The van der Waals surface area contributed by atoms with Crippen molar-refractivity contribution in [1.82, 2.24) is 4.90 Å². The first-order valence-electron chi connectivity index (χ1n) is 4.46. The standard InChI is InChI=1S/C9H17IN/c1-10-9-3-7-5-11(2)6-8(7)4-9/h7-9H,3-6H2,1-2H3/q-1/t7-,8+,9?. The third-order valence-corrected chi connectivity index (χ3v) is 5.96. The van der Waals surface area contributed by atoms with Gasteiger partial charge in [-0.15, -0.1) is 0 Å². The molecule has 1 aliphatic carbocycles. The molecule has 2 heteroatoms. The fourth-order valence-electron chi connectivity index (χ4n) is 2.64. The number of rotatable bonds is 1. The zero-order chi connectivity index (χ0) is 7.84. The molecule has 1 aliphatic heterocycles. The van der Waals surface area contributed by atoms with Crippen LogP contribution in [0.25, 0.3) is 0 Å². The van der Waals surface area contributed by atoms with Gasteiger partial charge in [0.15, 0.2) is 0 Å². The van der Waals surface area contributed by atoms with Crippen molar-refractivity contribution in [3.8, 4) is 0 Å². The summed E-state index contributed by atoms with van der Waals surface area (Å²) in [6.07, 6.45) is 3.14. The van der Waals surface area contributed by atoms with Gasteiger partial charge in [0, 0.05) is 0 Å². The Morgan fingerprint density at radius 1 is 1.18 bits per heavy atom. The van der Waals surface area contributed by atoms with Gasteiger partial charge in [0.2, 0.25) is 0 Å². The summed E-state index contributed by atoms with van der Waals surface area (Å²) < 4.78 is 1.18. The van der Waals surface area contributed by atoms with Crippen LogP contribution in [0.15, 0.2) is 0 Å². The maximum atomic E-state index is 2.51. The fraction of sp³-hybridized carbons (Fsp3) is 1.00. The average molecular weight is 266 g/mol. The SMILES string of the molecule is C[I-]C1C[C@@H]2CN(C)C[C@@H]2C1. The molecule has 2 fully saturated rings. The van der Waals surface area contributed by atoms with E-state index in [0.717, 1.165) is 11.8 Å². The first-order chi connectivity index (χ1) is 5.29. The summed E-state index contributed by atoms with van der Waals surface area (Å²) in [5.74, 6) is 2.18. The van der Waals surface area contributed by atoms with Gasteiger partial charge in [-0.1, -0.05) is 0 Å². The van der Waals surface area contributed by atoms with E-state index in [4.69, 9.17) is 0 Å². The van der Waals surface area contributed by atoms with Crippen LogP contribution in [-0.2, 0) is 0 Å². The van der Waals surface area contributed by atoms with E-state index in [1.54, 1.807) is 12.8 Å². The number of hydrogen-bond acceptors (Lipinski definition) is 1. The summed E-state index contributed by atoms with van der Waals surface area (Å²) >= 11 is 0.544. The van der Waals surface area contributed by atoms with Gasteiger partial charge < -0.3 is 0 Å². The van der Waals surface area contributed by atoms with Gasteiger partial charge in [0.1, 0.15) is 0 Å². The molecule has 0 bridgehead atoms. The van der Waals surface area contributed by atoms with Crippen LogP contribution in [0.5, 0.6) is 0 Å². The van der Waals surface area contributed by atoms with Crippen molar-refractivity contribution >= 4 is 0 Å². The second-order valence-corrected chi connectivity index (χ2v) is 7.04. The Hall–Kier alpha value is 0.690. The number of fused-ring (bicyclic) bond motifs is 1. The molecule has 2 rings (SSSR count). The molecule has 1 nitrogen and oxygen atoms in total. The van der Waals surface area contributed by atoms with Gasteiger partial charge in [-0.3, -0.25) is 0 Å². The van der Waals surface area contributed by atoms with Crippen LogP contribution in [-0.4, -0.2) is 33.9 Å². The second kappa shape index (κ2) is 3.21. The Bertz CT molecular complexity index is 134. The third kappa shape index (κ3) is 1.57. The van der Waals surface area contributed by atoms with Crippen molar-refractivity contribution in [1.29, 1.82) is 0 Å². The Kier molecular flexibility index (Phi) is 2.42. The van der Waals surface area contributed by atoms with Gasteiger partial charge in [0.05, 0.1) is 0 Å². The molecule has 1 heterocycles. The first-order valence-corrected chi connectivity index (χ1v) is 7.86. The van der Waals surface area contributed by atoms with Crippen LogP contribution >= 0.6 is 0 Å². The van der Waals surface area contributed by atoms with Crippen molar-refractivity contribution in [2.45, 2.75) is 16.8 Å². The van der Waals surface area contributed by atoms with Crippen molar-refractivity contribution in [2.24, 2.45) is 11.8 Å².